The van der Waals surface area contributed by atoms with Gasteiger partial charge in [-0.15, -0.1) is 0 Å². The van der Waals surface area contributed by atoms with Gasteiger partial charge >= 0.3 is 0 Å². The normalized spacial score (nSPS) is 14.7. The van der Waals surface area contributed by atoms with Gasteiger partial charge in [0.25, 0.3) is 11.8 Å². The predicted molar refractivity (Wildman–Crippen MR) is 90.6 cm³/mol. The summed E-state index contributed by atoms with van der Waals surface area (Å²) in [6, 6.07) is 14.8. The molecule has 0 spiro atoms. The highest BCUT2D eigenvalue weighted by atomic mass is 16.2. The first-order valence-corrected chi connectivity index (χ1v) is 7.83. The van der Waals surface area contributed by atoms with Crippen molar-refractivity contribution in [3.05, 3.63) is 65.7 Å². The van der Waals surface area contributed by atoms with E-state index in [1.807, 2.05) is 32.0 Å². The van der Waals surface area contributed by atoms with E-state index in [2.05, 4.69) is 5.32 Å². The topological polar surface area (TPSA) is 66.5 Å². The molecule has 2 aromatic rings. The van der Waals surface area contributed by atoms with Crippen molar-refractivity contribution < 1.29 is 14.4 Å². The molecule has 0 saturated carbocycles. The van der Waals surface area contributed by atoms with Gasteiger partial charge in [-0.2, -0.15) is 0 Å². The standard InChI is InChI=1S/C19H18N2O3/c1-12(2)16(17(22)20-13-8-4-3-5-9-13)21-18(23)14-10-6-7-11-15(14)19(21)24/h3-12,16H,1-2H3,(H,20,22)/t16-/m0/s1. The Balaban J connectivity index is 1.91. The molecule has 1 atom stereocenters. The Hall–Kier alpha value is -2.95. The van der Waals surface area contributed by atoms with Crippen LogP contribution < -0.4 is 5.32 Å². The number of anilines is 1. The molecule has 1 N–H and O–H groups in total. The maximum atomic E-state index is 12.7. The van der Waals surface area contributed by atoms with Gasteiger partial charge in [-0.1, -0.05) is 44.2 Å². The van der Waals surface area contributed by atoms with Crippen LogP contribution >= 0.6 is 0 Å². The van der Waals surface area contributed by atoms with Crippen LogP contribution in [0.4, 0.5) is 5.69 Å². The van der Waals surface area contributed by atoms with E-state index in [4.69, 9.17) is 0 Å². The first kappa shape index (κ1) is 15.9. The van der Waals surface area contributed by atoms with Crippen LogP contribution in [0.15, 0.2) is 54.6 Å². The number of nitrogens with zero attached hydrogens (tertiary/aromatic N) is 1. The molecule has 122 valence electrons. The minimum absolute atomic E-state index is 0.212. The van der Waals surface area contributed by atoms with Crippen molar-refractivity contribution in [2.24, 2.45) is 5.92 Å². The highest BCUT2D eigenvalue weighted by Crippen LogP contribution is 2.27. The van der Waals surface area contributed by atoms with Crippen molar-refractivity contribution in [2.75, 3.05) is 5.32 Å². The van der Waals surface area contributed by atoms with Gasteiger partial charge in [-0.05, 0) is 30.2 Å². The second-order valence-electron chi connectivity index (χ2n) is 6.07. The Labute approximate surface area is 140 Å². The van der Waals surface area contributed by atoms with E-state index in [9.17, 15) is 14.4 Å². The summed E-state index contributed by atoms with van der Waals surface area (Å²) in [5.41, 5.74) is 1.33. The van der Waals surface area contributed by atoms with Gasteiger partial charge in [0, 0.05) is 5.69 Å². The zero-order valence-corrected chi connectivity index (χ0v) is 13.5. The molecule has 1 aliphatic rings. The van der Waals surface area contributed by atoms with Crippen LogP contribution in [-0.2, 0) is 4.79 Å². The van der Waals surface area contributed by atoms with E-state index in [1.165, 1.54) is 0 Å². The third-order valence-electron chi connectivity index (χ3n) is 4.05. The summed E-state index contributed by atoms with van der Waals surface area (Å²) < 4.78 is 0. The quantitative estimate of drug-likeness (QED) is 0.880. The first-order valence-electron chi connectivity index (χ1n) is 7.83. The highest BCUT2D eigenvalue weighted by Gasteiger charge is 2.43. The molecule has 0 fully saturated rings. The Morgan fingerprint density at radius 3 is 1.88 bits per heavy atom. The summed E-state index contributed by atoms with van der Waals surface area (Å²) in [4.78, 5) is 39.1. The molecule has 0 aliphatic carbocycles. The van der Waals surface area contributed by atoms with E-state index in [-0.39, 0.29) is 11.8 Å². The molecule has 0 bridgehead atoms. The molecule has 5 nitrogen and oxygen atoms in total. The van der Waals surface area contributed by atoms with Crippen molar-refractivity contribution in [1.29, 1.82) is 0 Å². The van der Waals surface area contributed by atoms with E-state index in [1.54, 1.807) is 36.4 Å². The van der Waals surface area contributed by atoms with Crippen LogP contribution in [0.1, 0.15) is 34.6 Å². The van der Waals surface area contributed by atoms with Crippen LogP contribution in [-0.4, -0.2) is 28.7 Å². The molecule has 2 aromatic carbocycles. The minimum atomic E-state index is -0.863. The summed E-state index contributed by atoms with van der Waals surface area (Å²) >= 11 is 0. The lowest BCUT2D eigenvalue weighted by atomic mass is 10.0. The van der Waals surface area contributed by atoms with Gasteiger partial charge in [0.1, 0.15) is 6.04 Å². The second-order valence-corrected chi connectivity index (χ2v) is 6.07. The number of imide groups is 1. The summed E-state index contributed by atoms with van der Waals surface area (Å²) in [5, 5.41) is 2.78. The summed E-state index contributed by atoms with van der Waals surface area (Å²) in [6.07, 6.45) is 0. The molecule has 24 heavy (non-hydrogen) atoms. The molecular weight excluding hydrogens is 304 g/mol. The third-order valence-corrected chi connectivity index (χ3v) is 4.05. The van der Waals surface area contributed by atoms with Gasteiger partial charge in [0.2, 0.25) is 5.91 Å². The lowest BCUT2D eigenvalue weighted by Crippen LogP contribution is -2.50. The lowest BCUT2D eigenvalue weighted by Gasteiger charge is -2.28. The van der Waals surface area contributed by atoms with Gasteiger partial charge in [-0.25, -0.2) is 0 Å². The molecule has 5 heteroatoms. The molecule has 0 saturated heterocycles. The summed E-state index contributed by atoms with van der Waals surface area (Å²) in [6.45, 7) is 3.64. The number of carbonyl (C=O) groups excluding carboxylic acids is 3. The Morgan fingerprint density at radius 1 is 0.875 bits per heavy atom. The number of amides is 3. The summed E-state index contributed by atoms with van der Waals surface area (Å²) in [7, 11) is 0. The molecule has 3 amide bonds. The molecule has 1 heterocycles. The molecule has 1 aliphatic heterocycles. The highest BCUT2D eigenvalue weighted by molar-refractivity contribution is 6.23. The van der Waals surface area contributed by atoms with Gasteiger partial charge in [0.15, 0.2) is 0 Å². The monoisotopic (exact) mass is 322 g/mol. The number of nitrogens with one attached hydrogen (secondary N) is 1. The number of fused-ring (bicyclic) bond motifs is 1. The van der Waals surface area contributed by atoms with Crippen LogP contribution in [0.2, 0.25) is 0 Å². The van der Waals surface area contributed by atoms with E-state index in [0.29, 0.717) is 16.8 Å². The second kappa shape index (κ2) is 6.28. The number of para-hydroxylation sites is 1. The number of hydrogen-bond acceptors (Lipinski definition) is 3. The smallest absolute Gasteiger partial charge is 0.262 e. The minimum Gasteiger partial charge on any atom is -0.324 e. The average molecular weight is 322 g/mol. The number of rotatable bonds is 4. The number of carbonyl (C=O) groups is 3. The third kappa shape index (κ3) is 2.69. The fourth-order valence-electron chi connectivity index (χ4n) is 2.92. The van der Waals surface area contributed by atoms with E-state index in [0.717, 1.165) is 4.90 Å². The maximum Gasteiger partial charge on any atom is 0.262 e. The fourth-order valence-corrected chi connectivity index (χ4v) is 2.92. The van der Waals surface area contributed by atoms with Gasteiger partial charge in [-0.3, -0.25) is 19.3 Å². The number of hydrogen-bond donors (Lipinski definition) is 1. The largest absolute Gasteiger partial charge is 0.324 e. The molecule has 0 radical (unpaired) electrons. The van der Waals surface area contributed by atoms with Crippen LogP contribution in [0.25, 0.3) is 0 Å². The van der Waals surface area contributed by atoms with Crippen molar-refractivity contribution in [1.82, 2.24) is 4.90 Å². The first-order chi connectivity index (χ1) is 11.5. The maximum absolute atomic E-state index is 12.7. The molecule has 0 unspecified atom stereocenters. The Kier molecular flexibility index (Phi) is 4.16. The molecular formula is C19H18N2O3. The van der Waals surface area contributed by atoms with Crippen molar-refractivity contribution in [3.8, 4) is 0 Å². The van der Waals surface area contributed by atoms with E-state index < -0.39 is 17.9 Å². The predicted octanol–water partition coefficient (Wildman–Crippen LogP) is 2.95. The van der Waals surface area contributed by atoms with Crippen LogP contribution in [0, 0.1) is 5.92 Å². The van der Waals surface area contributed by atoms with Crippen molar-refractivity contribution in [3.63, 3.8) is 0 Å². The van der Waals surface area contributed by atoms with Crippen LogP contribution in [0.3, 0.4) is 0 Å². The SMILES string of the molecule is CC(C)[C@@H](C(=O)Nc1ccccc1)N1C(=O)c2ccccc2C1=O. The van der Waals surface area contributed by atoms with Crippen LogP contribution in [0.5, 0.6) is 0 Å². The van der Waals surface area contributed by atoms with Crippen molar-refractivity contribution in [2.45, 2.75) is 19.9 Å². The average Bonchev–Trinajstić information content (AvgIpc) is 2.81. The zero-order chi connectivity index (χ0) is 17.3. The van der Waals surface area contributed by atoms with Gasteiger partial charge in [0.05, 0.1) is 11.1 Å². The van der Waals surface area contributed by atoms with E-state index >= 15 is 0 Å². The number of benzene rings is 2. The summed E-state index contributed by atoms with van der Waals surface area (Å²) in [5.74, 6) is -1.42. The fraction of sp³-hybridized carbons (Fsp3) is 0.211. The molecule has 0 aromatic heterocycles. The molecule has 3 rings (SSSR count). The van der Waals surface area contributed by atoms with Crippen molar-refractivity contribution >= 4 is 23.4 Å². The zero-order valence-electron chi connectivity index (χ0n) is 13.5. The lowest BCUT2D eigenvalue weighted by molar-refractivity contribution is -0.121. The Bertz CT molecular complexity index is 764. The Morgan fingerprint density at radius 2 is 1.38 bits per heavy atom. The van der Waals surface area contributed by atoms with Gasteiger partial charge < -0.3 is 5.32 Å².